The Bertz CT molecular complexity index is 512. The van der Waals surface area contributed by atoms with Gasteiger partial charge < -0.3 is 9.73 Å². The maximum Gasteiger partial charge on any atom is 0.197 e. The van der Waals surface area contributed by atoms with Crippen molar-refractivity contribution < 1.29 is 8.81 Å². The minimum Gasteiger partial charge on any atom is -0.453 e. The van der Waals surface area contributed by atoms with Crippen molar-refractivity contribution in [2.24, 2.45) is 0 Å². The molecule has 1 aromatic carbocycles. The molecule has 2 rings (SSSR count). The molecule has 0 aliphatic heterocycles. The molecule has 0 saturated carbocycles. The van der Waals surface area contributed by atoms with Crippen LogP contribution < -0.4 is 5.32 Å². The molecule has 1 unspecified atom stereocenters. The number of likely N-dealkylation sites (N-methyl/N-ethyl adjacent to an activating group) is 1. The zero-order valence-corrected chi connectivity index (χ0v) is 10.9. The number of halogens is 2. The lowest BCUT2D eigenvalue weighted by atomic mass is 10.0. The molecule has 0 aliphatic carbocycles. The fourth-order valence-corrected chi connectivity index (χ4v) is 2.24. The Balaban J connectivity index is 2.19. The van der Waals surface area contributed by atoms with Crippen molar-refractivity contribution in [3.8, 4) is 0 Å². The number of hydrogen-bond acceptors (Lipinski definition) is 2. The minimum absolute atomic E-state index is 0.0306. The molecular formula is C14H15ClFNO. The molecule has 0 radical (unpaired) electrons. The first kappa shape index (κ1) is 13.1. The van der Waals surface area contributed by atoms with Crippen LogP contribution in [0.5, 0.6) is 0 Å². The lowest BCUT2D eigenvalue weighted by molar-refractivity contribution is 0.525. The predicted octanol–water partition coefficient (Wildman–Crippen LogP) is 3.97. The van der Waals surface area contributed by atoms with E-state index in [1.54, 1.807) is 18.4 Å². The van der Waals surface area contributed by atoms with Gasteiger partial charge in [-0.2, -0.15) is 0 Å². The van der Waals surface area contributed by atoms with Gasteiger partial charge in [-0.3, -0.25) is 0 Å². The highest BCUT2D eigenvalue weighted by Crippen LogP contribution is 2.26. The Morgan fingerprint density at radius 3 is 2.83 bits per heavy atom. The van der Waals surface area contributed by atoms with E-state index < -0.39 is 0 Å². The zero-order valence-electron chi connectivity index (χ0n) is 10.1. The van der Waals surface area contributed by atoms with Crippen molar-refractivity contribution in [1.82, 2.24) is 5.32 Å². The third-order valence-corrected chi connectivity index (χ3v) is 3.11. The summed E-state index contributed by atoms with van der Waals surface area (Å²) >= 11 is 5.99. The van der Waals surface area contributed by atoms with E-state index >= 15 is 0 Å². The van der Waals surface area contributed by atoms with Crippen LogP contribution in [-0.4, -0.2) is 6.54 Å². The van der Waals surface area contributed by atoms with E-state index in [2.05, 4.69) is 5.32 Å². The fraction of sp³-hybridized carbons (Fsp3) is 0.286. The van der Waals surface area contributed by atoms with Crippen molar-refractivity contribution in [2.45, 2.75) is 19.4 Å². The first-order valence-corrected chi connectivity index (χ1v) is 6.29. The van der Waals surface area contributed by atoms with Gasteiger partial charge in [0.05, 0.1) is 6.26 Å². The highest BCUT2D eigenvalue weighted by molar-refractivity contribution is 6.29. The van der Waals surface area contributed by atoms with E-state index in [1.165, 1.54) is 6.07 Å². The summed E-state index contributed by atoms with van der Waals surface area (Å²) in [5.74, 6) is -0.221. The molecule has 2 nitrogen and oxygen atoms in total. The summed E-state index contributed by atoms with van der Waals surface area (Å²) in [5, 5.41) is 3.71. The average molecular weight is 268 g/mol. The van der Waals surface area contributed by atoms with E-state index in [9.17, 15) is 4.39 Å². The molecule has 0 saturated heterocycles. The standard InChI is InChI=1S/C14H15ClFNO/c1-2-17-13(12-6-7-18-14(12)15)9-10-4-3-5-11(16)8-10/h3-8,13,17H,2,9H2,1H3. The number of hydrogen-bond donors (Lipinski definition) is 1. The normalized spacial score (nSPS) is 12.6. The van der Waals surface area contributed by atoms with Crippen LogP contribution in [0, 0.1) is 5.82 Å². The van der Waals surface area contributed by atoms with Crippen LogP contribution in [0.25, 0.3) is 0 Å². The van der Waals surface area contributed by atoms with E-state index in [-0.39, 0.29) is 11.9 Å². The molecule has 1 heterocycles. The first-order valence-electron chi connectivity index (χ1n) is 5.91. The highest BCUT2D eigenvalue weighted by atomic mass is 35.5. The molecule has 0 aliphatic rings. The van der Waals surface area contributed by atoms with Crippen LogP contribution in [0.3, 0.4) is 0 Å². The first-order chi connectivity index (χ1) is 8.70. The van der Waals surface area contributed by atoms with Gasteiger partial charge in [0.1, 0.15) is 5.82 Å². The highest BCUT2D eigenvalue weighted by Gasteiger charge is 2.16. The molecule has 1 N–H and O–H groups in total. The summed E-state index contributed by atoms with van der Waals surface area (Å²) in [4.78, 5) is 0. The topological polar surface area (TPSA) is 25.2 Å². The Hall–Kier alpha value is -1.32. The fourth-order valence-electron chi connectivity index (χ4n) is 1.99. The summed E-state index contributed by atoms with van der Waals surface area (Å²) < 4.78 is 18.3. The van der Waals surface area contributed by atoms with Crippen molar-refractivity contribution in [3.05, 3.63) is 58.8 Å². The van der Waals surface area contributed by atoms with Gasteiger partial charge in [0, 0.05) is 11.6 Å². The quantitative estimate of drug-likeness (QED) is 0.887. The molecule has 1 aromatic heterocycles. The molecule has 1 atom stereocenters. The van der Waals surface area contributed by atoms with Gasteiger partial charge >= 0.3 is 0 Å². The third kappa shape index (κ3) is 3.12. The van der Waals surface area contributed by atoms with Crippen molar-refractivity contribution in [2.75, 3.05) is 6.54 Å². The number of benzene rings is 1. The Morgan fingerprint density at radius 2 is 2.22 bits per heavy atom. The second kappa shape index (κ2) is 6.03. The molecule has 0 spiro atoms. The van der Waals surface area contributed by atoms with Gasteiger partial charge in [-0.15, -0.1) is 0 Å². The van der Waals surface area contributed by atoms with Crippen molar-refractivity contribution >= 4 is 11.6 Å². The van der Waals surface area contributed by atoms with Crippen LogP contribution in [0.2, 0.25) is 5.22 Å². The number of rotatable bonds is 5. The predicted molar refractivity (Wildman–Crippen MR) is 70.2 cm³/mol. The van der Waals surface area contributed by atoms with Crippen molar-refractivity contribution in [1.29, 1.82) is 0 Å². The third-order valence-electron chi connectivity index (χ3n) is 2.80. The van der Waals surface area contributed by atoms with Crippen LogP contribution >= 0.6 is 11.6 Å². The number of nitrogens with one attached hydrogen (secondary N) is 1. The lowest BCUT2D eigenvalue weighted by Gasteiger charge is -2.17. The number of furan rings is 1. The molecule has 4 heteroatoms. The van der Waals surface area contributed by atoms with E-state index in [0.717, 1.165) is 17.7 Å². The van der Waals surface area contributed by atoms with Gasteiger partial charge in [-0.25, -0.2) is 4.39 Å². The van der Waals surface area contributed by atoms with Crippen LogP contribution in [-0.2, 0) is 6.42 Å². The van der Waals surface area contributed by atoms with Crippen LogP contribution in [0.4, 0.5) is 4.39 Å². The molecule has 0 bridgehead atoms. The largest absolute Gasteiger partial charge is 0.453 e. The van der Waals surface area contributed by atoms with E-state index in [0.29, 0.717) is 11.6 Å². The average Bonchev–Trinajstić information content (AvgIpc) is 2.75. The zero-order chi connectivity index (χ0) is 13.0. The maximum absolute atomic E-state index is 13.2. The smallest absolute Gasteiger partial charge is 0.197 e. The van der Waals surface area contributed by atoms with Gasteiger partial charge in [-0.05, 0) is 48.3 Å². The van der Waals surface area contributed by atoms with Gasteiger partial charge in [-0.1, -0.05) is 19.1 Å². The molecular weight excluding hydrogens is 253 g/mol. The molecule has 0 fully saturated rings. The molecule has 0 amide bonds. The monoisotopic (exact) mass is 267 g/mol. The van der Waals surface area contributed by atoms with E-state index in [4.69, 9.17) is 16.0 Å². The second-order valence-corrected chi connectivity index (χ2v) is 4.44. The summed E-state index contributed by atoms with van der Waals surface area (Å²) in [6, 6.07) is 8.47. The molecule has 2 aromatic rings. The van der Waals surface area contributed by atoms with E-state index in [1.807, 2.05) is 19.1 Å². The Labute approximate surface area is 111 Å². The molecule has 96 valence electrons. The Kier molecular flexibility index (Phi) is 4.39. The molecule has 18 heavy (non-hydrogen) atoms. The summed E-state index contributed by atoms with van der Waals surface area (Å²) in [6.07, 6.45) is 2.23. The minimum atomic E-state index is -0.221. The summed E-state index contributed by atoms with van der Waals surface area (Å²) in [6.45, 7) is 2.83. The van der Waals surface area contributed by atoms with Gasteiger partial charge in [0.2, 0.25) is 0 Å². The van der Waals surface area contributed by atoms with Crippen molar-refractivity contribution in [3.63, 3.8) is 0 Å². The SMILES string of the molecule is CCNC(Cc1cccc(F)c1)c1ccoc1Cl. The lowest BCUT2D eigenvalue weighted by Crippen LogP contribution is -2.22. The van der Waals surface area contributed by atoms with Gasteiger partial charge in [0.25, 0.3) is 0 Å². The second-order valence-electron chi connectivity index (χ2n) is 4.09. The summed E-state index contributed by atoms with van der Waals surface area (Å²) in [7, 11) is 0. The Morgan fingerprint density at radius 1 is 1.39 bits per heavy atom. The van der Waals surface area contributed by atoms with Crippen LogP contribution in [0.1, 0.15) is 24.1 Å². The summed E-state index contributed by atoms with van der Waals surface area (Å²) in [5.41, 5.74) is 1.83. The van der Waals surface area contributed by atoms with Crippen LogP contribution in [0.15, 0.2) is 41.0 Å². The maximum atomic E-state index is 13.2. The van der Waals surface area contributed by atoms with Gasteiger partial charge in [0.15, 0.2) is 5.22 Å².